The molecule has 1 N–H and O–H groups in total. The van der Waals surface area contributed by atoms with Gasteiger partial charge in [-0.3, -0.25) is 4.99 Å². The summed E-state index contributed by atoms with van der Waals surface area (Å²) in [7, 11) is 0. The first-order valence-electron chi connectivity index (χ1n) is 7.07. The maximum Gasteiger partial charge on any atom is 0.206 e. The van der Waals surface area contributed by atoms with Crippen molar-refractivity contribution in [3.05, 3.63) is 54.3 Å². The van der Waals surface area contributed by atoms with E-state index < -0.39 is 0 Å². The monoisotopic (exact) mass is 485 g/mol. The zero-order chi connectivity index (χ0) is 17.1. The van der Waals surface area contributed by atoms with Crippen LogP contribution in [0, 0.1) is 0 Å². The smallest absolute Gasteiger partial charge is 0.206 e. The van der Waals surface area contributed by atoms with Crippen LogP contribution in [0.1, 0.15) is 12.5 Å². The molecule has 2 aromatic heterocycles. The van der Waals surface area contributed by atoms with E-state index in [0.29, 0.717) is 15.5 Å². The van der Waals surface area contributed by atoms with Crippen LogP contribution in [0.3, 0.4) is 0 Å². The van der Waals surface area contributed by atoms with E-state index in [2.05, 4.69) is 53.4 Å². The molecule has 0 aliphatic carbocycles. The van der Waals surface area contributed by atoms with Gasteiger partial charge in [0, 0.05) is 11.9 Å². The number of thiophene rings is 1. The van der Waals surface area contributed by atoms with Gasteiger partial charge in [0.25, 0.3) is 0 Å². The standard InChI is InChI=1S/C16H13Br2N3OS2/c1-2-19-16-21(13(9-24-16)14-4-3-5-23-14)20-8-10-6-11(17)15(22)12(18)7-10/h3-9,22H,2H2,1H3. The summed E-state index contributed by atoms with van der Waals surface area (Å²) in [4.78, 5) is 6.52. The summed E-state index contributed by atoms with van der Waals surface area (Å²) < 4.78 is 3.09. The van der Waals surface area contributed by atoms with Crippen molar-refractivity contribution in [1.29, 1.82) is 0 Å². The van der Waals surface area contributed by atoms with E-state index in [9.17, 15) is 5.11 Å². The van der Waals surface area contributed by atoms with Gasteiger partial charge in [-0.05, 0) is 67.9 Å². The van der Waals surface area contributed by atoms with Crippen LogP contribution in [0.25, 0.3) is 10.6 Å². The van der Waals surface area contributed by atoms with Crippen LogP contribution in [-0.2, 0) is 0 Å². The lowest BCUT2D eigenvalue weighted by atomic mass is 10.2. The number of nitrogens with zero attached hydrogens (tertiary/aromatic N) is 3. The molecule has 0 radical (unpaired) electrons. The topological polar surface area (TPSA) is 49.9 Å². The summed E-state index contributed by atoms with van der Waals surface area (Å²) in [5.74, 6) is 0.177. The number of aromatic hydroxyl groups is 1. The minimum Gasteiger partial charge on any atom is -0.506 e. The third kappa shape index (κ3) is 3.72. The minimum absolute atomic E-state index is 0.177. The van der Waals surface area contributed by atoms with Crippen molar-refractivity contribution in [3.8, 4) is 16.3 Å². The van der Waals surface area contributed by atoms with Gasteiger partial charge < -0.3 is 5.11 Å². The highest BCUT2D eigenvalue weighted by molar-refractivity contribution is 9.11. The highest BCUT2D eigenvalue weighted by Gasteiger charge is 2.09. The fraction of sp³-hybridized carbons (Fsp3) is 0.125. The third-order valence-corrected chi connectivity index (χ3v) is 6.07. The average molecular weight is 487 g/mol. The first kappa shape index (κ1) is 17.6. The second-order valence-corrected chi connectivity index (χ2v) is 8.24. The number of hydrogen-bond donors (Lipinski definition) is 1. The summed E-state index contributed by atoms with van der Waals surface area (Å²) in [6.07, 6.45) is 1.76. The van der Waals surface area contributed by atoms with Gasteiger partial charge in [0.1, 0.15) is 5.75 Å². The van der Waals surface area contributed by atoms with Crippen LogP contribution < -0.4 is 4.80 Å². The number of benzene rings is 1. The summed E-state index contributed by atoms with van der Waals surface area (Å²) >= 11 is 9.92. The molecule has 124 valence electrons. The molecule has 0 fully saturated rings. The zero-order valence-electron chi connectivity index (χ0n) is 12.6. The van der Waals surface area contributed by atoms with Crippen LogP contribution in [-0.4, -0.2) is 22.5 Å². The Kier molecular flexibility index (Phi) is 5.70. The van der Waals surface area contributed by atoms with Crippen LogP contribution in [0.2, 0.25) is 0 Å². The molecule has 0 saturated heterocycles. The van der Waals surface area contributed by atoms with Gasteiger partial charge in [-0.2, -0.15) is 5.10 Å². The Labute approximate surface area is 164 Å². The van der Waals surface area contributed by atoms with Crippen molar-refractivity contribution < 1.29 is 5.11 Å². The molecule has 8 heteroatoms. The summed E-state index contributed by atoms with van der Waals surface area (Å²) in [5.41, 5.74) is 1.89. The Morgan fingerprint density at radius 3 is 2.62 bits per heavy atom. The molecule has 0 aliphatic heterocycles. The minimum atomic E-state index is 0.177. The molecular formula is C16H13Br2N3OS2. The number of aromatic nitrogens is 1. The van der Waals surface area contributed by atoms with E-state index in [0.717, 1.165) is 20.9 Å². The highest BCUT2D eigenvalue weighted by Crippen LogP contribution is 2.33. The molecule has 0 aliphatic rings. The van der Waals surface area contributed by atoms with E-state index in [1.807, 2.05) is 35.2 Å². The molecule has 0 unspecified atom stereocenters. The molecule has 3 aromatic rings. The quantitative estimate of drug-likeness (QED) is 0.499. The van der Waals surface area contributed by atoms with Crippen LogP contribution in [0.15, 0.2) is 54.1 Å². The second kappa shape index (κ2) is 7.77. The lowest BCUT2D eigenvalue weighted by molar-refractivity contribution is 0.468. The normalized spacial score (nSPS) is 12.4. The summed E-state index contributed by atoms with van der Waals surface area (Å²) in [6, 6.07) is 7.73. The van der Waals surface area contributed by atoms with Crippen molar-refractivity contribution in [2.45, 2.75) is 6.92 Å². The SMILES string of the molecule is CCN=c1scc(-c2cccs2)n1N=Cc1cc(Br)c(O)c(Br)c1. The molecule has 3 rings (SSSR count). The zero-order valence-corrected chi connectivity index (χ0v) is 17.4. The van der Waals surface area contributed by atoms with Gasteiger partial charge in [-0.1, -0.05) is 6.07 Å². The van der Waals surface area contributed by atoms with Gasteiger partial charge in [0.15, 0.2) is 0 Å². The van der Waals surface area contributed by atoms with Gasteiger partial charge in [-0.25, -0.2) is 4.68 Å². The molecule has 24 heavy (non-hydrogen) atoms. The van der Waals surface area contributed by atoms with Crippen molar-refractivity contribution in [3.63, 3.8) is 0 Å². The predicted molar refractivity (Wildman–Crippen MR) is 108 cm³/mol. The number of thiazole rings is 1. The van der Waals surface area contributed by atoms with Crippen LogP contribution in [0.4, 0.5) is 0 Å². The third-order valence-electron chi connectivity index (χ3n) is 3.11. The highest BCUT2D eigenvalue weighted by atomic mass is 79.9. The molecule has 0 amide bonds. The molecule has 2 heterocycles. The number of phenolic OH excluding ortho intramolecular Hbond substituents is 1. The number of rotatable bonds is 4. The molecule has 1 aromatic carbocycles. The van der Waals surface area contributed by atoms with E-state index in [-0.39, 0.29) is 5.75 Å². The van der Waals surface area contributed by atoms with Gasteiger partial charge in [-0.15, -0.1) is 22.7 Å². The summed E-state index contributed by atoms with van der Waals surface area (Å²) in [6.45, 7) is 2.71. The largest absolute Gasteiger partial charge is 0.506 e. The van der Waals surface area contributed by atoms with E-state index in [1.165, 1.54) is 0 Å². The Bertz CT molecular complexity index is 920. The maximum atomic E-state index is 9.81. The van der Waals surface area contributed by atoms with Crippen molar-refractivity contribution >= 4 is 60.7 Å². The molecule has 4 nitrogen and oxygen atoms in total. The van der Waals surface area contributed by atoms with Crippen LogP contribution >= 0.6 is 54.5 Å². The molecular weight excluding hydrogens is 474 g/mol. The van der Waals surface area contributed by atoms with Crippen LogP contribution in [0.5, 0.6) is 5.75 Å². The van der Waals surface area contributed by atoms with Crippen molar-refractivity contribution in [1.82, 2.24) is 4.68 Å². The Morgan fingerprint density at radius 2 is 2.00 bits per heavy atom. The average Bonchev–Trinajstić information content (AvgIpc) is 3.20. The van der Waals surface area contributed by atoms with E-state index in [1.54, 1.807) is 28.9 Å². The van der Waals surface area contributed by atoms with E-state index >= 15 is 0 Å². The lowest BCUT2D eigenvalue weighted by Crippen LogP contribution is -2.12. The molecule has 0 atom stereocenters. The predicted octanol–water partition coefficient (Wildman–Crippen LogP) is 5.31. The van der Waals surface area contributed by atoms with Gasteiger partial charge in [0.05, 0.1) is 25.7 Å². The Balaban J connectivity index is 2.06. The number of hydrogen-bond acceptors (Lipinski definition) is 5. The summed E-state index contributed by atoms with van der Waals surface area (Å²) in [5, 5.41) is 18.5. The number of halogens is 2. The second-order valence-electron chi connectivity index (χ2n) is 4.74. The fourth-order valence-electron chi connectivity index (χ4n) is 2.03. The Hall–Kier alpha value is -1.22. The maximum absolute atomic E-state index is 9.81. The molecule has 0 spiro atoms. The van der Waals surface area contributed by atoms with Gasteiger partial charge in [0.2, 0.25) is 4.80 Å². The Morgan fingerprint density at radius 1 is 1.25 bits per heavy atom. The van der Waals surface area contributed by atoms with Gasteiger partial charge >= 0.3 is 0 Å². The van der Waals surface area contributed by atoms with E-state index in [4.69, 9.17) is 0 Å². The fourth-order valence-corrected chi connectivity index (χ4v) is 4.95. The van der Waals surface area contributed by atoms with Crippen molar-refractivity contribution in [2.75, 3.05) is 6.54 Å². The molecule has 0 bridgehead atoms. The lowest BCUT2D eigenvalue weighted by Gasteiger charge is -2.03. The van der Waals surface area contributed by atoms with Crippen molar-refractivity contribution in [2.24, 2.45) is 10.1 Å². The number of phenols is 1. The first-order chi connectivity index (χ1) is 11.6. The first-order valence-corrected chi connectivity index (χ1v) is 10.4. The molecule has 0 saturated carbocycles.